The van der Waals surface area contributed by atoms with Gasteiger partial charge in [-0.1, -0.05) is 24.4 Å². The maximum Gasteiger partial charge on any atom is 0.246 e. The van der Waals surface area contributed by atoms with Crippen LogP contribution in [0.15, 0.2) is 33.7 Å². The Labute approximate surface area is 127 Å². The van der Waals surface area contributed by atoms with Gasteiger partial charge in [0.25, 0.3) is 0 Å². The van der Waals surface area contributed by atoms with Crippen molar-refractivity contribution in [2.24, 2.45) is 5.73 Å². The van der Waals surface area contributed by atoms with E-state index in [0.717, 1.165) is 30.6 Å². The second kappa shape index (κ2) is 6.15. The number of hydrogen-bond donors (Lipinski definition) is 1. The van der Waals surface area contributed by atoms with Crippen molar-refractivity contribution in [3.05, 3.63) is 41.8 Å². The molecule has 1 aliphatic carbocycles. The van der Waals surface area contributed by atoms with Crippen molar-refractivity contribution in [3.8, 4) is 0 Å². The predicted octanol–water partition coefficient (Wildman–Crippen LogP) is 3.62. The molecule has 4 nitrogen and oxygen atoms in total. The molecule has 0 bridgehead atoms. The smallest absolute Gasteiger partial charge is 0.246 e. The minimum Gasteiger partial charge on any atom is -0.337 e. The lowest BCUT2D eigenvalue weighted by atomic mass is 9.82. The van der Waals surface area contributed by atoms with E-state index in [9.17, 15) is 4.39 Å². The lowest BCUT2D eigenvalue weighted by molar-refractivity contribution is 0.219. The summed E-state index contributed by atoms with van der Waals surface area (Å²) in [7, 11) is 0. The molecule has 6 heteroatoms. The van der Waals surface area contributed by atoms with Gasteiger partial charge in [-0.05, 0) is 37.1 Å². The molecule has 1 fully saturated rings. The summed E-state index contributed by atoms with van der Waals surface area (Å²) in [5, 5.41) is 4.01. The molecule has 1 aromatic carbocycles. The number of rotatable bonds is 4. The Morgan fingerprint density at radius 3 is 2.62 bits per heavy atom. The molecule has 0 radical (unpaired) electrons. The van der Waals surface area contributed by atoms with Gasteiger partial charge in [0.2, 0.25) is 5.89 Å². The molecule has 112 valence electrons. The molecule has 2 aromatic rings. The van der Waals surface area contributed by atoms with E-state index in [4.69, 9.17) is 10.3 Å². The summed E-state index contributed by atoms with van der Waals surface area (Å²) in [6.07, 6.45) is 5.25. The standard InChI is InChI=1S/C15H18FN3OS/c16-11-4-6-12(7-5-11)21-10-13-18-14(20-19-13)15(17)8-2-1-3-9-15/h4-7H,1-3,8-10,17H2. The number of aromatic nitrogens is 2. The van der Waals surface area contributed by atoms with E-state index >= 15 is 0 Å². The number of thioether (sulfide) groups is 1. The lowest BCUT2D eigenvalue weighted by Gasteiger charge is -2.29. The minimum absolute atomic E-state index is 0.233. The summed E-state index contributed by atoms with van der Waals surface area (Å²) in [6.45, 7) is 0. The minimum atomic E-state index is -0.454. The van der Waals surface area contributed by atoms with Crippen molar-refractivity contribution in [2.45, 2.75) is 48.3 Å². The van der Waals surface area contributed by atoms with Gasteiger partial charge in [-0.25, -0.2) is 4.39 Å². The molecule has 0 amide bonds. The van der Waals surface area contributed by atoms with E-state index in [1.165, 1.54) is 18.6 Å². The molecule has 0 atom stereocenters. The highest BCUT2D eigenvalue weighted by Gasteiger charge is 2.35. The van der Waals surface area contributed by atoms with Crippen molar-refractivity contribution in [1.82, 2.24) is 10.1 Å². The van der Waals surface area contributed by atoms with Gasteiger partial charge in [0.15, 0.2) is 5.82 Å². The van der Waals surface area contributed by atoms with Crippen LogP contribution in [0.3, 0.4) is 0 Å². The fourth-order valence-electron chi connectivity index (χ4n) is 2.59. The van der Waals surface area contributed by atoms with Gasteiger partial charge in [-0.3, -0.25) is 0 Å². The van der Waals surface area contributed by atoms with Crippen molar-refractivity contribution in [3.63, 3.8) is 0 Å². The molecular formula is C15H18FN3OS. The van der Waals surface area contributed by atoms with Crippen molar-refractivity contribution < 1.29 is 8.91 Å². The van der Waals surface area contributed by atoms with Crippen LogP contribution >= 0.6 is 11.8 Å². The van der Waals surface area contributed by atoms with E-state index in [-0.39, 0.29) is 5.82 Å². The van der Waals surface area contributed by atoms with Crippen LogP contribution in [-0.2, 0) is 11.3 Å². The highest BCUT2D eigenvalue weighted by molar-refractivity contribution is 7.98. The average molecular weight is 307 g/mol. The molecular weight excluding hydrogens is 289 g/mol. The Hall–Kier alpha value is -1.40. The van der Waals surface area contributed by atoms with E-state index in [2.05, 4.69) is 10.1 Å². The number of nitrogens with zero attached hydrogens (tertiary/aromatic N) is 2. The molecule has 1 heterocycles. The number of halogens is 1. The van der Waals surface area contributed by atoms with E-state index < -0.39 is 5.54 Å². The summed E-state index contributed by atoms with van der Waals surface area (Å²) in [6, 6.07) is 6.38. The third-order valence-corrected chi connectivity index (χ3v) is 4.83. The molecule has 2 N–H and O–H groups in total. The van der Waals surface area contributed by atoms with Gasteiger partial charge in [-0.2, -0.15) is 4.98 Å². The normalized spacial score (nSPS) is 17.8. The Kier molecular flexibility index (Phi) is 4.26. The van der Waals surface area contributed by atoms with E-state index in [1.807, 2.05) is 0 Å². The Morgan fingerprint density at radius 1 is 1.19 bits per heavy atom. The monoisotopic (exact) mass is 307 g/mol. The van der Waals surface area contributed by atoms with Crippen molar-refractivity contribution in [2.75, 3.05) is 0 Å². The average Bonchev–Trinajstić information content (AvgIpc) is 2.97. The molecule has 1 aromatic heterocycles. The van der Waals surface area contributed by atoms with Crippen LogP contribution < -0.4 is 5.73 Å². The first-order valence-electron chi connectivity index (χ1n) is 7.16. The quantitative estimate of drug-likeness (QED) is 0.874. The maximum absolute atomic E-state index is 12.8. The van der Waals surface area contributed by atoms with Gasteiger partial charge in [-0.15, -0.1) is 11.8 Å². The zero-order valence-corrected chi connectivity index (χ0v) is 12.5. The van der Waals surface area contributed by atoms with Crippen LogP contribution in [0.5, 0.6) is 0 Å². The Balaban J connectivity index is 1.63. The third kappa shape index (κ3) is 3.44. The predicted molar refractivity (Wildman–Crippen MR) is 79.2 cm³/mol. The van der Waals surface area contributed by atoms with Crippen LogP contribution in [0.25, 0.3) is 0 Å². The van der Waals surface area contributed by atoms with Gasteiger partial charge in [0.05, 0.1) is 11.3 Å². The van der Waals surface area contributed by atoms with E-state index in [1.54, 1.807) is 23.9 Å². The summed E-state index contributed by atoms with van der Waals surface area (Å²) in [4.78, 5) is 5.42. The van der Waals surface area contributed by atoms with Crippen LogP contribution in [0.1, 0.15) is 43.8 Å². The van der Waals surface area contributed by atoms with Gasteiger partial charge < -0.3 is 10.3 Å². The third-order valence-electron chi connectivity index (χ3n) is 3.82. The summed E-state index contributed by atoms with van der Waals surface area (Å²) in [5.41, 5.74) is 5.92. The Bertz CT molecular complexity index is 593. The van der Waals surface area contributed by atoms with Crippen LogP contribution in [0.4, 0.5) is 4.39 Å². The van der Waals surface area contributed by atoms with Crippen molar-refractivity contribution >= 4 is 11.8 Å². The van der Waals surface area contributed by atoms with E-state index in [0.29, 0.717) is 17.5 Å². The van der Waals surface area contributed by atoms with Gasteiger partial charge in [0, 0.05) is 4.90 Å². The van der Waals surface area contributed by atoms with Crippen molar-refractivity contribution in [1.29, 1.82) is 0 Å². The number of hydrogen-bond acceptors (Lipinski definition) is 5. The molecule has 0 unspecified atom stereocenters. The first kappa shape index (κ1) is 14.5. The zero-order valence-electron chi connectivity index (χ0n) is 11.7. The molecule has 0 aliphatic heterocycles. The first-order valence-corrected chi connectivity index (χ1v) is 8.15. The second-order valence-electron chi connectivity index (χ2n) is 5.48. The number of benzene rings is 1. The first-order chi connectivity index (χ1) is 10.2. The fraction of sp³-hybridized carbons (Fsp3) is 0.467. The summed E-state index contributed by atoms with van der Waals surface area (Å²) >= 11 is 1.55. The molecule has 3 rings (SSSR count). The summed E-state index contributed by atoms with van der Waals surface area (Å²) < 4.78 is 18.2. The van der Waals surface area contributed by atoms with Gasteiger partial charge >= 0.3 is 0 Å². The highest BCUT2D eigenvalue weighted by Crippen LogP contribution is 2.34. The van der Waals surface area contributed by atoms with Gasteiger partial charge in [0.1, 0.15) is 5.82 Å². The topological polar surface area (TPSA) is 64.9 Å². The second-order valence-corrected chi connectivity index (χ2v) is 6.52. The van der Waals surface area contributed by atoms with Crippen LogP contribution in [0.2, 0.25) is 0 Å². The molecule has 0 saturated heterocycles. The Morgan fingerprint density at radius 2 is 1.90 bits per heavy atom. The molecule has 1 saturated carbocycles. The number of nitrogens with two attached hydrogens (primary N) is 1. The molecule has 0 spiro atoms. The van der Waals surface area contributed by atoms with Crippen LogP contribution in [0, 0.1) is 5.82 Å². The molecule has 1 aliphatic rings. The summed E-state index contributed by atoms with van der Waals surface area (Å²) in [5.74, 6) is 1.54. The highest BCUT2D eigenvalue weighted by atomic mass is 32.2. The maximum atomic E-state index is 12.8. The van der Waals surface area contributed by atoms with Crippen LogP contribution in [-0.4, -0.2) is 10.1 Å². The fourth-order valence-corrected chi connectivity index (χ4v) is 3.33. The zero-order chi connectivity index (χ0) is 14.7. The largest absolute Gasteiger partial charge is 0.337 e. The SMILES string of the molecule is NC1(c2nc(CSc3ccc(F)cc3)no2)CCCCC1. The molecule has 21 heavy (non-hydrogen) atoms. The lowest BCUT2D eigenvalue weighted by Crippen LogP contribution is -2.38.